The standard InChI is InChI=1S/C22H29NO2/c1-5-16(3)19-14-10-11-15-21(19)25-17(4)22(24)23-20(6-2)18-12-8-7-9-13-18/h7-17,20H,5-6H2,1-4H3,(H,23,24). The highest BCUT2D eigenvalue weighted by Gasteiger charge is 2.20. The molecule has 0 aliphatic carbocycles. The summed E-state index contributed by atoms with van der Waals surface area (Å²) in [6.07, 6.45) is 1.33. The fraction of sp³-hybridized carbons (Fsp3) is 0.409. The zero-order valence-corrected chi connectivity index (χ0v) is 15.7. The Morgan fingerprint density at radius 1 is 0.960 bits per heavy atom. The number of hydrogen-bond donors (Lipinski definition) is 1. The molecule has 1 N–H and O–H groups in total. The molecule has 0 spiro atoms. The quantitative estimate of drug-likeness (QED) is 0.714. The Labute approximate surface area is 151 Å². The highest BCUT2D eigenvalue weighted by atomic mass is 16.5. The molecule has 3 unspecified atom stereocenters. The van der Waals surface area contributed by atoms with Crippen LogP contribution in [0.25, 0.3) is 0 Å². The largest absolute Gasteiger partial charge is 0.481 e. The Morgan fingerprint density at radius 3 is 2.24 bits per heavy atom. The van der Waals surface area contributed by atoms with E-state index in [0.29, 0.717) is 5.92 Å². The third-order valence-electron chi connectivity index (χ3n) is 4.66. The van der Waals surface area contributed by atoms with Crippen LogP contribution in [0.3, 0.4) is 0 Å². The molecule has 0 bridgehead atoms. The number of rotatable bonds is 8. The SMILES string of the molecule is CCC(C)c1ccccc1OC(C)C(=O)NC(CC)c1ccccc1. The first-order valence-electron chi connectivity index (χ1n) is 9.17. The van der Waals surface area contributed by atoms with Gasteiger partial charge in [-0.05, 0) is 42.9 Å². The van der Waals surface area contributed by atoms with Crippen LogP contribution in [-0.2, 0) is 4.79 Å². The lowest BCUT2D eigenvalue weighted by atomic mass is 9.98. The third-order valence-corrected chi connectivity index (χ3v) is 4.66. The van der Waals surface area contributed by atoms with Gasteiger partial charge in [-0.2, -0.15) is 0 Å². The minimum atomic E-state index is -0.539. The number of para-hydroxylation sites is 1. The van der Waals surface area contributed by atoms with Gasteiger partial charge in [-0.15, -0.1) is 0 Å². The fourth-order valence-electron chi connectivity index (χ4n) is 2.85. The smallest absolute Gasteiger partial charge is 0.261 e. The highest BCUT2D eigenvalue weighted by molar-refractivity contribution is 5.81. The summed E-state index contributed by atoms with van der Waals surface area (Å²) in [5.74, 6) is 1.11. The Hall–Kier alpha value is -2.29. The van der Waals surface area contributed by atoms with Crippen LogP contribution in [-0.4, -0.2) is 12.0 Å². The Morgan fingerprint density at radius 2 is 1.60 bits per heavy atom. The van der Waals surface area contributed by atoms with E-state index in [9.17, 15) is 4.79 Å². The van der Waals surface area contributed by atoms with E-state index in [-0.39, 0.29) is 11.9 Å². The van der Waals surface area contributed by atoms with E-state index in [4.69, 9.17) is 4.74 Å². The predicted octanol–water partition coefficient (Wildman–Crippen LogP) is 5.23. The zero-order valence-electron chi connectivity index (χ0n) is 15.7. The summed E-state index contributed by atoms with van der Waals surface area (Å²) in [5.41, 5.74) is 2.27. The van der Waals surface area contributed by atoms with Crippen LogP contribution in [0.2, 0.25) is 0 Å². The van der Waals surface area contributed by atoms with Gasteiger partial charge in [0.2, 0.25) is 0 Å². The van der Waals surface area contributed by atoms with Crippen molar-refractivity contribution in [3.8, 4) is 5.75 Å². The summed E-state index contributed by atoms with van der Waals surface area (Å²) < 4.78 is 6.00. The third kappa shape index (κ3) is 5.09. The van der Waals surface area contributed by atoms with Crippen molar-refractivity contribution in [2.45, 2.75) is 58.6 Å². The van der Waals surface area contributed by atoms with Gasteiger partial charge in [0.15, 0.2) is 6.10 Å². The molecule has 0 aromatic heterocycles. The second kappa shape index (κ2) is 9.26. The van der Waals surface area contributed by atoms with Crippen LogP contribution in [0.15, 0.2) is 54.6 Å². The maximum Gasteiger partial charge on any atom is 0.261 e. The topological polar surface area (TPSA) is 38.3 Å². The van der Waals surface area contributed by atoms with Crippen molar-refractivity contribution in [3.63, 3.8) is 0 Å². The average Bonchev–Trinajstić information content (AvgIpc) is 2.66. The van der Waals surface area contributed by atoms with Crippen LogP contribution in [0.5, 0.6) is 5.75 Å². The molecule has 0 heterocycles. The van der Waals surface area contributed by atoms with Gasteiger partial charge in [-0.3, -0.25) is 4.79 Å². The van der Waals surface area contributed by atoms with E-state index >= 15 is 0 Å². The van der Waals surface area contributed by atoms with E-state index in [1.165, 1.54) is 0 Å². The van der Waals surface area contributed by atoms with Crippen molar-refractivity contribution < 1.29 is 9.53 Å². The van der Waals surface area contributed by atoms with Crippen molar-refractivity contribution >= 4 is 5.91 Å². The first-order valence-corrected chi connectivity index (χ1v) is 9.17. The number of hydrogen-bond acceptors (Lipinski definition) is 2. The Kier molecular flexibility index (Phi) is 7.05. The number of carbonyl (C=O) groups is 1. The van der Waals surface area contributed by atoms with Gasteiger partial charge < -0.3 is 10.1 Å². The summed E-state index contributed by atoms with van der Waals surface area (Å²) in [7, 11) is 0. The number of carbonyl (C=O) groups excluding carboxylic acids is 1. The summed E-state index contributed by atoms with van der Waals surface area (Å²) in [6, 6.07) is 18.0. The molecule has 0 fully saturated rings. The lowest BCUT2D eigenvalue weighted by Crippen LogP contribution is -2.38. The van der Waals surface area contributed by atoms with Gasteiger partial charge >= 0.3 is 0 Å². The molecule has 2 aromatic rings. The summed E-state index contributed by atoms with van der Waals surface area (Å²) in [4.78, 5) is 12.6. The van der Waals surface area contributed by atoms with Gasteiger partial charge in [0.25, 0.3) is 5.91 Å². The molecule has 0 radical (unpaired) electrons. The summed E-state index contributed by atoms with van der Waals surface area (Å²) in [6.45, 7) is 8.21. The molecule has 0 saturated carbocycles. The summed E-state index contributed by atoms with van der Waals surface area (Å²) in [5, 5.41) is 3.10. The molecule has 2 rings (SSSR count). The molecule has 3 atom stereocenters. The summed E-state index contributed by atoms with van der Waals surface area (Å²) >= 11 is 0. The molecule has 25 heavy (non-hydrogen) atoms. The van der Waals surface area contributed by atoms with Crippen molar-refractivity contribution in [1.82, 2.24) is 5.32 Å². The first kappa shape index (κ1) is 19.0. The molecule has 0 aliphatic rings. The maximum absolute atomic E-state index is 12.6. The van der Waals surface area contributed by atoms with E-state index in [1.54, 1.807) is 6.92 Å². The minimum Gasteiger partial charge on any atom is -0.481 e. The molecular weight excluding hydrogens is 310 g/mol. The van der Waals surface area contributed by atoms with E-state index < -0.39 is 6.10 Å². The fourth-order valence-corrected chi connectivity index (χ4v) is 2.85. The van der Waals surface area contributed by atoms with Crippen LogP contribution in [0, 0.1) is 0 Å². The Balaban J connectivity index is 2.06. The predicted molar refractivity (Wildman–Crippen MR) is 103 cm³/mol. The monoisotopic (exact) mass is 339 g/mol. The average molecular weight is 339 g/mol. The normalized spacial score (nSPS) is 14.4. The second-order valence-corrected chi connectivity index (χ2v) is 6.49. The molecule has 1 amide bonds. The first-order chi connectivity index (χ1) is 12.1. The molecule has 2 aromatic carbocycles. The van der Waals surface area contributed by atoms with Gasteiger partial charge in [-0.1, -0.05) is 69.3 Å². The maximum atomic E-state index is 12.6. The number of ether oxygens (including phenoxy) is 1. The van der Waals surface area contributed by atoms with Crippen LogP contribution < -0.4 is 10.1 Å². The zero-order chi connectivity index (χ0) is 18.2. The lowest BCUT2D eigenvalue weighted by molar-refractivity contribution is -0.128. The molecule has 0 saturated heterocycles. The number of amides is 1. The van der Waals surface area contributed by atoms with Crippen molar-refractivity contribution in [1.29, 1.82) is 0 Å². The number of benzene rings is 2. The van der Waals surface area contributed by atoms with Gasteiger partial charge in [0.05, 0.1) is 6.04 Å². The molecular formula is C22H29NO2. The van der Waals surface area contributed by atoms with Gasteiger partial charge in [-0.25, -0.2) is 0 Å². The van der Waals surface area contributed by atoms with E-state index in [2.05, 4.69) is 32.2 Å². The molecule has 3 nitrogen and oxygen atoms in total. The molecule has 0 aliphatic heterocycles. The van der Waals surface area contributed by atoms with Crippen molar-refractivity contribution in [2.24, 2.45) is 0 Å². The molecule has 3 heteroatoms. The van der Waals surface area contributed by atoms with Crippen molar-refractivity contribution in [3.05, 3.63) is 65.7 Å². The van der Waals surface area contributed by atoms with Crippen LogP contribution in [0.4, 0.5) is 0 Å². The minimum absolute atomic E-state index is 0.00422. The van der Waals surface area contributed by atoms with Gasteiger partial charge in [0, 0.05) is 0 Å². The van der Waals surface area contributed by atoms with Crippen LogP contribution >= 0.6 is 0 Å². The van der Waals surface area contributed by atoms with Gasteiger partial charge in [0.1, 0.15) is 5.75 Å². The molecule has 134 valence electrons. The van der Waals surface area contributed by atoms with Crippen molar-refractivity contribution in [2.75, 3.05) is 0 Å². The number of nitrogens with one attached hydrogen (secondary N) is 1. The lowest BCUT2D eigenvalue weighted by Gasteiger charge is -2.23. The van der Waals surface area contributed by atoms with E-state index in [1.807, 2.05) is 48.5 Å². The Bertz CT molecular complexity index is 669. The van der Waals surface area contributed by atoms with Crippen LogP contribution in [0.1, 0.15) is 63.6 Å². The van der Waals surface area contributed by atoms with E-state index in [0.717, 1.165) is 29.7 Å². The second-order valence-electron chi connectivity index (χ2n) is 6.49. The highest BCUT2D eigenvalue weighted by Crippen LogP contribution is 2.29.